The van der Waals surface area contributed by atoms with Gasteiger partial charge in [0.05, 0.1) is 6.54 Å². The van der Waals surface area contributed by atoms with Crippen LogP contribution in [-0.2, 0) is 19.2 Å². The predicted octanol–water partition coefficient (Wildman–Crippen LogP) is -1.88. The summed E-state index contributed by atoms with van der Waals surface area (Å²) in [7, 11) is 0. The molecule has 0 radical (unpaired) electrons. The molecule has 2 aliphatic rings. The van der Waals surface area contributed by atoms with Crippen LogP contribution in [0.2, 0.25) is 0 Å². The minimum atomic E-state index is -1.24. The molecular formula is C13H20N4O4. The highest BCUT2D eigenvalue weighted by atomic mass is 16.2. The Kier molecular flexibility index (Phi) is 4.44. The molecule has 8 nitrogen and oxygen atoms in total. The van der Waals surface area contributed by atoms with Gasteiger partial charge in [-0.05, 0) is 26.7 Å². The zero-order valence-corrected chi connectivity index (χ0v) is 12.1. The van der Waals surface area contributed by atoms with Crippen LogP contribution in [-0.4, -0.2) is 59.7 Å². The van der Waals surface area contributed by atoms with Crippen molar-refractivity contribution in [1.29, 1.82) is 0 Å². The number of carbonyl (C=O) groups is 4. The first-order chi connectivity index (χ1) is 9.90. The number of likely N-dealkylation sites (tertiary alicyclic amines) is 1. The average Bonchev–Trinajstić information content (AvgIpc) is 2.89. The number of hydrogen-bond donors (Lipinski definition) is 3. The van der Waals surface area contributed by atoms with E-state index in [1.54, 1.807) is 0 Å². The fraction of sp³-hybridized carbons (Fsp3) is 0.692. The van der Waals surface area contributed by atoms with E-state index in [1.807, 2.05) is 13.8 Å². The molecule has 2 rings (SSSR count). The summed E-state index contributed by atoms with van der Waals surface area (Å²) in [6.45, 7) is 3.97. The number of nitrogens with one attached hydrogen (secondary N) is 3. The summed E-state index contributed by atoms with van der Waals surface area (Å²) in [5, 5.41) is 7.50. The topological polar surface area (TPSA) is 108 Å². The first kappa shape index (κ1) is 15.3. The van der Waals surface area contributed by atoms with Crippen molar-refractivity contribution in [3.63, 3.8) is 0 Å². The maximum Gasteiger partial charge on any atom is 0.255 e. The van der Waals surface area contributed by atoms with Gasteiger partial charge in [-0.15, -0.1) is 0 Å². The quantitative estimate of drug-likeness (QED) is 0.530. The molecule has 2 atom stereocenters. The van der Waals surface area contributed by atoms with E-state index in [0.29, 0.717) is 19.4 Å². The van der Waals surface area contributed by atoms with Crippen molar-refractivity contribution in [2.45, 2.75) is 44.8 Å². The van der Waals surface area contributed by atoms with Gasteiger partial charge >= 0.3 is 0 Å². The van der Waals surface area contributed by atoms with Crippen LogP contribution in [0.15, 0.2) is 0 Å². The van der Waals surface area contributed by atoms with Gasteiger partial charge in [0.1, 0.15) is 6.04 Å². The highest BCUT2D eigenvalue weighted by molar-refractivity contribution is 6.10. The van der Waals surface area contributed by atoms with E-state index in [1.165, 1.54) is 4.90 Å². The highest BCUT2D eigenvalue weighted by Gasteiger charge is 2.41. The van der Waals surface area contributed by atoms with E-state index >= 15 is 0 Å². The zero-order valence-electron chi connectivity index (χ0n) is 12.1. The zero-order chi connectivity index (χ0) is 15.6. The SMILES string of the molecule is CC(C)NC(=O)[C@@H]1CCCN1C(=O)[C@H]1NC(=O)CNC1=O. The summed E-state index contributed by atoms with van der Waals surface area (Å²) in [5.41, 5.74) is 0. The van der Waals surface area contributed by atoms with Gasteiger partial charge in [0.2, 0.25) is 11.8 Å². The lowest BCUT2D eigenvalue weighted by atomic mass is 10.1. The van der Waals surface area contributed by atoms with Crippen molar-refractivity contribution < 1.29 is 19.2 Å². The first-order valence-corrected chi connectivity index (χ1v) is 7.08. The van der Waals surface area contributed by atoms with Crippen molar-refractivity contribution >= 4 is 23.6 Å². The second-order valence-electron chi connectivity index (χ2n) is 5.57. The number of carbonyl (C=O) groups excluding carboxylic acids is 4. The van der Waals surface area contributed by atoms with Crippen LogP contribution in [0.5, 0.6) is 0 Å². The Balaban J connectivity index is 2.08. The third-order valence-electron chi connectivity index (χ3n) is 3.51. The van der Waals surface area contributed by atoms with Gasteiger partial charge in [-0.3, -0.25) is 19.2 Å². The molecular weight excluding hydrogens is 276 g/mol. The molecule has 4 amide bonds. The van der Waals surface area contributed by atoms with Crippen LogP contribution in [0, 0.1) is 0 Å². The van der Waals surface area contributed by atoms with Gasteiger partial charge in [0.15, 0.2) is 6.04 Å². The highest BCUT2D eigenvalue weighted by Crippen LogP contribution is 2.19. The van der Waals surface area contributed by atoms with E-state index in [-0.39, 0.29) is 18.5 Å². The standard InChI is InChI=1S/C13H20N4O4/c1-7(2)15-11(19)8-4-3-5-17(8)13(21)10-12(20)14-6-9(18)16-10/h7-8,10H,3-6H2,1-2H3,(H,14,20)(H,15,19)(H,16,18)/t8-,10-/m0/s1. The number of nitrogens with zero attached hydrogens (tertiary/aromatic N) is 1. The van der Waals surface area contributed by atoms with E-state index in [0.717, 1.165) is 0 Å². The molecule has 0 bridgehead atoms. The fourth-order valence-electron chi connectivity index (χ4n) is 2.57. The van der Waals surface area contributed by atoms with Crippen LogP contribution < -0.4 is 16.0 Å². The lowest BCUT2D eigenvalue weighted by Crippen LogP contribution is -2.63. The fourth-order valence-corrected chi connectivity index (χ4v) is 2.57. The molecule has 3 N–H and O–H groups in total. The minimum Gasteiger partial charge on any atom is -0.352 e. The second kappa shape index (κ2) is 6.11. The Hall–Kier alpha value is -2.12. The Labute approximate surface area is 122 Å². The molecule has 0 unspecified atom stereocenters. The molecule has 21 heavy (non-hydrogen) atoms. The molecule has 0 aromatic rings. The number of hydrogen-bond acceptors (Lipinski definition) is 4. The van der Waals surface area contributed by atoms with Crippen LogP contribution in [0.25, 0.3) is 0 Å². The lowest BCUT2D eigenvalue weighted by molar-refractivity contribution is -0.147. The van der Waals surface area contributed by atoms with E-state index in [9.17, 15) is 19.2 Å². The molecule has 8 heteroatoms. The molecule has 2 aliphatic heterocycles. The summed E-state index contributed by atoms with van der Waals surface area (Å²) < 4.78 is 0. The van der Waals surface area contributed by atoms with E-state index < -0.39 is 29.8 Å². The largest absolute Gasteiger partial charge is 0.352 e. The van der Waals surface area contributed by atoms with Crippen LogP contribution in [0.3, 0.4) is 0 Å². The van der Waals surface area contributed by atoms with Crippen LogP contribution >= 0.6 is 0 Å². The van der Waals surface area contributed by atoms with Crippen LogP contribution in [0.1, 0.15) is 26.7 Å². The summed E-state index contributed by atoms with van der Waals surface area (Å²) >= 11 is 0. The molecule has 116 valence electrons. The third kappa shape index (κ3) is 3.32. The molecule has 2 fully saturated rings. The van der Waals surface area contributed by atoms with Gasteiger partial charge < -0.3 is 20.9 Å². The third-order valence-corrected chi connectivity index (χ3v) is 3.51. The normalized spacial score (nSPS) is 25.6. The van der Waals surface area contributed by atoms with Gasteiger partial charge in [0, 0.05) is 12.6 Å². The molecule has 0 aromatic heterocycles. The van der Waals surface area contributed by atoms with Gasteiger partial charge in [0.25, 0.3) is 11.8 Å². The van der Waals surface area contributed by atoms with Crippen molar-refractivity contribution in [2.75, 3.05) is 13.1 Å². The Bertz CT molecular complexity index is 477. The van der Waals surface area contributed by atoms with Crippen molar-refractivity contribution in [2.24, 2.45) is 0 Å². The number of piperazine rings is 1. The number of rotatable bonds is 3. The lowest BCUT2D eigenvalue weighted by Gasteiger charge is -2.30. The Morgan fingerprint density at radius 1 is 1.33 bits per heavy atom. The smallest absolute Gasteiger partial charge is 0.255 e. The predicted molar refractivity (Wildman–Crippen MR) is 73.0 cm³/mol. The van der Waals surface area contributed by atoms with E-state index in [2.05, 4.69) is 16.0 Å². The van der Waals surface area contributed by atoms with Crippen LogP contribution in [0.4, 0.5) is 0 Å². The Morgan fingerprint density at radius 2 is 2.05 bits per heavy atom. The summed E-state index contributed by atoms with van der Waals surface area (Å²) in [6.07, 6.45) is 1.26. The number of amides is 4. The molecule has 0 saturated carbocycles. The molecule has 0 spiro atoms. The molecule has 2 heterocycles. The molecule has 2 saturated heterocycles. The maximum atomic E-state index is 12.4. The summed E-state index contributed by atoms with van der Waals surface area (Å²) in [4.78, 5) is 49.0. The first-order valence-electron chi connectivity index (χ1n) is 7.08. The van der Waals surface area contributed by atoms with Crippen molar-refractivity contribution in [3.05, 3.63) is 0 Å². The maximum absolute atomic E-state index is 12.4. The van der Waals surface area contributed by atoms with Gasteiger partial charge in [-0.1, -0.05) is 0 Å². The van der Waals surface area contributed by atoms with E-state index in [4.69, 9.17) is 0 Å². The average molecular weight is 296 g/mol. The second-order valence-corrected chi connectivity index (χ2v) is 5.57. The van der Waals surface area contributed by atoms with Crippen molar-refractivity contribution in [3.8, 4) is 0 Å². The summed E-state index contributed by atoms with van der Waals surface area (Å²) in [5.74, 6) is -1.69. The molecule has 0 aliphatic carbocycles. The minimum absolute atomic E-state index is 0.0206. The van der Waals surface area contributed by atoms with Gasteiger partial charge in [-0.25, -0.2) is 0 Å². The monoisotopic (exact) mass is 296 g/mol. The summed E-state index contributed by atoms with van der Waals surface area (Å²) in [6, 6.07) is -1.84. The van der Waals surface area contributed by atoms with Gasteiger partial charge in [-0.2, -0.15) is 0 Å². The Morgan fingerprint density at radius 3 is 2.71 bits per heavy atom. The molecule has 0 aromatic carbocycles. The van der Waals surface area contributed by atoms with Crippen molar-refractivity contribution in [1.82, 2.24) is 20.9 Å².